The van der Waals surface area contributed by atoms with E-state index in [4.69, 9.17) is 0 Å². The number of dihydropyridines is 1. The zero-order valence-corrected chi connectivity index (χ0v) is 16.8. The van der Waals surface area contributed by atoms with E-state index in [1.165, 1.54) is 11.3 Å². The monoisotopic (exact) mass is 408 g/mol. The Hall–Kier alpha value is -3.33. The summed E-state index contributed by atoms with van der Waals surface area (Å²) < 4.78 is 0. The van der Waals surface area contributed by atoms with Crippen molar-refractivity contribution in [3.05, 3.63) is 53.1 Å². The van der Waals surface area contributed by atoms with E-state index < -0.39 is 5.54 Å². The Morgan fingerprint density at radius 3 is 2.76 bits per heavy atom. The number of benzene rings is 1. The molecule has 0 fully saturated rings. The number of carbonyl (C=O) groups excluding carboxylic acids is 2. The van der Waals surface area contributed by atoms with E-state index in [-0.39, 0.29) is 22.7 Å². The molecule has 1 aromatic carbocycles. The molecule has 1 unspecified atom stereocenters. The number of carbonyl (C=O) groups is 2. The summed E-state index contributed by atoms with van der Waals surface area (Å²) in [7, 11) is 0. The summed E-state index contributed by atoms with van der Waals surface area (Å²) in [6.45, 7) is 4.27. The van der Waals surface area contributed by atoms with E-state index in [9.17, 15) is 9.59 Å². The Balaban J connectivity index is 1.51. The third-order valence-electron chi connectivity index (χ3n) is 4.65. The molecule has 0 radical (unpaired) electrons. The van der Waals surface area contributed by atoms with E-state index >= 15 is 0 Å². The van der Waals surface area contributed by atoms with Gasteiger partial charge in [-0.15, -0.1) is 0 Å². The molecule has 0 saturated carbocycles. The van der Waals surface area contributed by atoms with Gasteiger partial charge in [-0.3, -0.25) is 19.7 Å². The number of allylic oxidation sites excluding steroid dienone is 1. The van der Waals surface area contributed by atoms with Crippen LogP contribution in [0.2, 0.25) is 0 Å². The molecule has 0 bridgehead atoms. The topological polar surface area (TPSA) is 112 Å². The molecule has 4 rings (SSSR count). The number of fused-ring (bicyclic) bond motifs is 1. The van der Waals surface area contributed by atoms with Crippen LogP contribution in [0.5, 0.6) is 0 Å². The van der Waals surface area contributed by atoms with Crippen LogP contribution in [0.1, 0.15) is 29.2 Å². The summed E-state index contributed by atoms with van der Waals surface area (Å²) in [5, 5.41) is 13.0. The molecule has 8 nitrogen and oxygen atoms in total. The standard InChI is InChI=1S/C20H20N6O2S/c1-20(2,13-8-4-3-5-9-13)24-17(28)19-22-14-15(25-26-18(14)29-19)23-16(27)12-7-6-10-21-11-12/h3-10,12H,11H2,1-2H3,(H,24,28)(H2,23,25,26,27). The van der Waals surface area contributed by atoms with E-state index in [1.54, 1.807) is 18.4 Å². The largest absolute Gasteiger partial charge is 0.341 e. The van der Waals surface area contributed by atoms with Crippen LogP contribution in [0, 0.1) is 5.92 Å². The molecule has 9 heteroatoms. The first kappa shape index (κ1) is 19.0. The van der Waals surface area contributed by atoms with Crippen LogP contribution in [0.4, 0.5) is 5.82 Å². The lowest BCUT2D eigenvalue weighted by Gasteiger charge is -2.26. The average Bonchev–Trinajstić information content (AvgIpc) is 3.31. The van der Waals surface area contributed by atoms with Crippen molar-refractivity contribution in [2.75, 3.05) is 11.9 Å². The van der Waals surface area contributed by atoms with Gasteiger partial charge in [0.1, 0.15) is 5.52 Å². The fourth-order valence-electron chi connectivity index (χ4n) is 3.03. The molecule has 3 aromatic rings. The highest BCUT2D eigenvalue weighted by atomic mass is 32.1. The summed E-state index contributed by atoms with van der Waals surface area (Å²) in [4.78, 5) is 34.2. The number of H-pyrrole nitrogens is 1. The van der Waals surface area contributed by atoms with Crippen molar-refractivity contribution in [1.29, 1.82) is 0 Å². The van der Waals surface area contributed by atoms with Crippen LogP contribution in [-0.4, -0.2) is 39.8 Å². The van der Waals surface area contributed by atoms with Gasteiger partial charge >= 0.3 is 0 Å². The molecule has 3 N–H and O–H groups in total. The predicted molar refractivity (Wildman–Crippen MR) is 113 cm³/mol. The SMILES string of the molecule is CC(C)(NC(=O)c1nc2c(NC(=O)C3C=CC=NC3)[nH]nc2s1)c1ccccc1. The van der Waals surface area contributed by atoms with Gasteiger partial charge in [-0.25, -0.2) is 4.98 Å². The lowest BCUT2D eigenvalue weighted by Crippen LogP contribution is -2.40. The Kier molecular flexibility index (Phi) is 4.98. The van der Waals surface area contributed by atoms with Crippen molar-refractivity contribution in [3.63, 3.8) is 0 Å². The van der Waals surface area contributed by atoms with E-state index in [0.717, 1.165) is 5.56 Å². The van der Waals surface area contributed by atoms with Crippen LogP contribution in [0.15, 0.2) is 47.5 Å². The summed E-state index contributed by atoms with van der Waals surface area (Å²) in [5.74, 6) is -0.450. The Morgan fingerprint density at radius 1 is 1.24 bits per heavy atom. The smallest absolute Gasteiger partial charge is 0.281 e. The van der Waals surface area contributed by atoms with Gasteiger partial charge in [0.05, 0.1) is 18.0 Å². The predicted octanol–water partition coefficient (Wildman–Crippen LogP) is 2.88. The van der Waals surface area contributed by atoms with Crippen molar-refractivity contribution >= 4 is 45.5 Å². The third-order valence-corrected chi connectivity index (χ3v) is 5.60. The van der Waals surface area contributed by atoms with Crippen molar-refractivity contribution in [3.8, 4) is 0 Å². The van der Waals surface area contributed by atoms with Gasteiger partial charge in [0, 0.05) is 6.21 Å². The van der Waals surface area contributed by atoms with Gasteiger partial charge in [0.2, 0.25) is 5.91 Å². The molecule has 0 saturated heterocycles. The van der Waals surface area contributed by atoms with Crippen molar-refractivity contribution in [2.24, 2.45) is 10.9 Å². The quantitative estimate of drug-likeness (QED) is 0.602. The second-order valence-electron chi connectivity index (χ2n) is 7.21. The number of rotatable bonds is 5. The molecular weight excluding hydrogens is 388 g/mol. The third kappa shape index (κ3) is 3.95. The second kappa shape index (κ2) is 7.59. The van der Waals surface area contributed by atoms with E-state index in [2.05, 4.69) is 30.8 Å². The molecule has 3 heterocycles. The van der Waals surface area contributed by atoms with Gasteiger partial charge in [0.15, 0.2) is 15.7 Å². The van der Waals surface area contributed by atoms with Crippen molar-refractivity contribution < 1.29 is 9.59 Å². The molecule has 0 aliphatic carbocycles. The van der Waals surface area contributed by atoms with Gasteiger partial charge < -0.3 is 10.6 Å². The number of thiazole rings is 1. The summed E-state index contributed by atoms with van der Waals surface area (Å²) >= 11 is 1.17. The highest BCUT2D eigenvalue weighted by Crippen LogP contribution is 2.27. The fourth-order valence-corrected chi connectivity index (χ4v) is 3.82. The Labute approximate surface area is 171 Å². The molecule has 29 heavy (non-hydrogen) atoms. The number of aromatic nitrogens is 3. The number of aliphatic imine (C=N–C) groups is 1. The lowest BCUT2D eigenvalue weighted by molar-refractivity contribution is -0.118. The number of nitrogens with one attached hydrogen (secondary N) is 3. The number of hydrogen-bond acceptors (Lipinski definition) is 6. The minimum atomic E-state index is -0.557. The second-order valence-corrected chi connectivity index (χ2v) is 8.19. The maximum atomic E-state index is 12.8. The van der Waals surface area contributed by atoms with Crippen molar-refractivity contribution in [1.82, 2.24) is 20.5 Å². The summed E-state index contributed by atoms with van der Waals surface area (Å²) in [6.07, 6.45) is 5.21. The van der Waals surface area contributed by atoms with Gasteiger partial charge in [0.25, 0.3) is 5.91 Å². The molecule has 1 atom stereocenters. The highest BCUT2D eigenvalue weighted by molar-refractivity contribution is 7.20. The Morgan fingerprint density at radius 2 is 2.03 bits per heavy atom. The first-order chi connectivity index (χ1) is 13.9. The van der Waals surface area contributed by atoms with Gasteiger partial charge in [-0.2, -0.15) is 5.10 Å². The summed E-state index contributed by atoms with van der Waals surface area (Å²) in [6, 6.07) is 9.73. The van der Waals surface area contributed by atoms with Crippen molar-refractivity contribution in [2.45, 2.75) is 19.4 Å². The minimum Gasteiger partial charge on any atom is -0.341 e. The van der Waals surface area contributed by atoms with Gasteiger partial charge in [-0.1, -0.05) is 47.7 Å². The number of hydrogen-bond donors (Lipinski definition) is 3. The molecular formula is C20H20N6O2S. The number of amides is 2. The van der Waals surface area contributed by atoms with Gasteiger partial charge in [-0.05, 0) is 25.5 Å². The summed E-state index contributed by atoms with van der Waals surface area (Å²) in [5.41, 5.74) is 0.902. The van der Waals surface area contributed by atoms with Crippen LogP contribution in [0.3, 0.4) is 0 Å². The lowest BCUT2D eigenvalue weighted by atomic mass is 9.94. The number of anilines is 1. The average molecular weight is 408 g/mol. The zero-order chi connectivity index (χ0) is 20.4. The minimum absolute atomic E-state index is 0.201. The van der Waals surface area contributed by atoms with Crippen LogP contribution in [-0.2, 0) is 10.3 Å². The maximum Gasteiger partial charge on any atom is 0.281 e. The first-order valence-electron chi connectivity index (χ1n) is 9.14. The Bertz CT molecular complexity index is 1110. The normalized spacial score (nSPS) is 16.1. The van der Waals surface area contributed by atoms with E-state index in [0.29, 0.717) is 22.7 Å². The first-order valence-corrected chi connectivity index (χ1v) is 9.96. The molecule has 1 aliphatic rings. The maximum absolute atomic E-state index is 12.8. The number of aromatic amines is 1. The molecule has 1 aliphatic heterocycles. The fraction of sp³-hybridized carbons (Fsp3) is 0.250. The highest BCUT2D eigenvalue weighted by Gasteiger charge is 2.26. The van der Waals surface area contributed by atoms with Crippen LogP contribution in [0.25, 0.3) is 10.3 Å². The van der Waals surface area contributed by atoms with E-state index in [1.807, 2.05) is 44.2 Å². The zero-order valence-electron chi connectivity index (χ0n) is 16.0. The molecule has 2 amide bonds. The molecule has 2 aromatic heterocycles. The number of nitrogens with zero attached hydrogens (tertiary/aromatic N) is 3. The molecule has 0 spiro atoms. The molecule has 148 valence electrons. The van der Waals surface area contributed by atoms with Crippen LogP contribution < -0.4 is 10.6 Å². The van der Waals surface area contributed by atoms with Crippen LogP contribution >= 0.6 is 11.3 Å².